The first-order valence-electron chi connectivity index (χ1n) is 8.45. The van der Waals surface area contributed by atoms with Crippen LogP contribution in [0.4, 0.5) is 5.69 Å². The van der Waals surface area contributed by atoms with Crippen LogP contribution in [0.1, 0.15) is 28.9 Å². The second kappa shape index (κ2) is 6.19. The highest BCUT2D eigenvalue weighted by Crippen LogP contribution is 2.19. The molecule has 1 N–H and O–H groups in total. The van der Waals surface area contributed by atoms with Crippen LogP contribution in [0.15, 0.2) is 30.9 Å². The highest BCUT2D eigenvalue weighted by Gasteiger charge is 2.23. The van der Waals surface area contributed by atoms with E-state index < -0.39 is 0 Å². The summed E-state index contributed by atoms with van der Waals surface area (Å²) in [4.78, 5) is 19.4. The van der Waals surface area contributed by atoms with Crippen LogP contribution in [0.25, 0.3) is 5.65 Å². The topological polar surface area (TPSA) is 80.4 Å². The standard InChI is InChI=1S/C17H21N7O/c1-12-15(11-24-16(20-12)5-6-18-24)17(25)21-13-4-3-7-23(9-13)14-8-19-22(2)10-14/h5-6,8,10-11,13H,3-4,7,9H2,1-2H3,(H,21,25). The quantitative estimate of drug-likeness (QED) is 0.775. The molecule has 1 aliphatic heterocycles. The van der Waals surface area contributed by atoms with Crippen LogP contribution in [0.3, 0.4) is 0 Å². The molecule has 1 atom stereocenters. The van der Waals surface area contributed by atoms with Crippen LogP contribution in [0.5, 0.6) is 0 Å². The van der Waals surface area contributed by atoms with E-state index in [1.807, 2.05) is 32.4 Å². The van der Waals surface area contributed by atoms with Crippen molar-refractivity contribution < 1.29 is 4.79 Å². The van der Waals surface area contributed by atoms with E-state index >= 15 is 0 Å². The molecule has 1 fully saturated rings. The number of aromatic nitrogens is 5. The van der Waals surface area contributed by atoms with Gasteiger partial charge in [-0.1, -0.05) is 0 Å². The summed E-state index contributed by atoms with van der Waals surface area (Å²) in [5, 5.41) is 11.5. The van der Waals surface area contributed by atoms with Gasteiger partial charge in [0.05, 0.1) is 29.3 Å². The van der Waals surface area contributed by atoms with E-state index in [4.69, 9.17) is 0 Å². The minimum atomic E-state index is -0.0968. The summed E-state index contributed by atoms with van der Waals surface area (Å²) in [5.74, 6) is -0.0968. The molecule has 0 spiro atoms. The summed E-state index contributed by atoms with van der Waals surface area (Å²) < 4.78 is 3.43. The van der Waals surface area contributed by atoms with E-state index in [1.165, 1.54) is 0 Å². The van der Waals surface area contributed by atoms with Gasteiger partial charge >= 0.3 is 0 Å². The molecule has 4 heterocycles. The first kappa shape index (κ1) is 15.6. The fraction of sp³-hybridized carbons (Fsp3) is 0.412. The summed E-state index contributed by atoms with van der Waals surface area (Å²) in [7, 11) is 1.91. The number of amides is 1. The Labute approximate surface area is 145 Å². The summed E-state index contributed by atoms with van der Waals surface area (Å²) in [6.45, 7) is 3.62. The molecule has 0 saturated carbocycles. The van der Waals surface area contributed by atoms with Crippen molar-refractivity contribution in [1.82, 2.24) is 29.7 Å². The van der Waals surface area contributed by atoms with Crippen molar-refractivity contribution in [2.75, 3.05) is 18.0 Å². The Kier molecular flexibility index (Phi) is 3.87. The number of carbonyl (C=O) groups excluding carboxylic acids is 1. The summed E-state index contributed by atoms with van der Waals surface area (Å²) in [6, 6.07) is 1.93. The number of piperidine rings is 1. The Bertz CT molecular complexity index is 913. The first-order chi connectivity index (χ1) is 12.1. The highest BCUT2D eigenvalue weighted by atomic mass is 16.1. The van der Waals surface area contributed by atoms with Gasteiger partial charge in [-0.2, -0.15) is 10.2 Å². The molecule has 0 bridgehead atoms. The molecule has 1 unspecified atom stereocenters. The number of hydrogen-bond acceptors (Lipinski definition) is 5. The molecule has 8 nitrogen and oxygen atoms in total. The predicted octanol–water partition coefficient (Wildman–Crippen LogP) is 1.17. The zero-order valence-electron chi connectivity index (χ0n) is 14.4. The average molecular weight is 339 g/mol. The molecule has 1 aliphatic rings. The van der Waals surface area contributed by atoms with E-state index in [9.17, 15) is 4.79 Å². The van der Waals surface area contributed by atoms with E-state index in [1.54, 1.807) is 21.6 Å². The normalized spacial score (nSPS) is 17.8. The first-order valence-corrected chi connectivity index (χ1v) is 8.45. The molecule has 4 rings (SSSR count). The van der Waals surface area contributed by atoms with Crippen molar-refractivity contribution in [1.29, 1.82) is 0 Å². The van der Waals surface area contributed by atoms with Crippen molar-refractivity contribution in [3.63, 3.8) is 0 Å². The maximum absolute atomic E-state index is 12.7. The van der Waals surface area contributed by atoms with E-state index in [2.05, 4.69) is 25.4 Å². The number of hydrogen-bond donors (Lipinski definition) is 1. The smallest absolute Gasteiger partial charge is 0.254 e. The molecular formula is C17H21N7O. The zero-order chi connectivity index (χ0) is 17.4. The Morgan fingerprint density at radius 2 is 2.20 bits per heavy atom. The lowest BCUT2D eigenvalue weighted by Gasteiger charge is -2.33. The van der Waals surface area contributed by atoms with Crippen LogP contribution >= 0.6 is 0 Å². The van der Waals surface area contributed by atoms with E-state index in [0.717, 1.165) is 37.3 Å². The van der Waals surface area contributed by atoms with Gasteiger partial charge in [-0.15, -0.1) is 0 Å². The third-order valence-electron chi connectivity index (χ3n) is 4.63. The number of rotatable bonds is 3. The number of nitrogens with one attached hydrogen (secondary N) is 1. The second-order valence-corrected chi connectivity index (χ2v) is 6.50. The Hall–Kier alpha value is -2.90. The Morgan fingerprint density at radius 1 is 1.32 bits per heavy atom. The van der Waals surface area contributed by atoms with Crippen molar-refractivity contribution in [3.05, 3.63) is 42.1 Å². The van der Waals surface area contributed by atoms with Gasteiger partial charge in [0, 0.05) is 44.6 Å². The average Bonchev–Trinajstić information content (AvgIpc) is 3.22. The molecular weight excluding hydrogens is 318 g/mol. The van der Waals surface area contributed by atoms with Crippen LogP contribution in [-0.2, 0) is 7.05 Å². The van der Waals surface area contributed by atoms with Crippen molar-refractivity contribution >= 4 is 17.2 Å². The van der Waals surface area contributed by atoms with E-state index in [-0.39, 0.29) is 11.9 Å². The SMILES string of the molecule is Cc1nc2ccnn2cc1C(=O)NC1CCCN(c2cnn(C)c2)C1. The fourth-order valence-corrected chi connectivity index (χ4v) is 3.33. The fourth-order valence-electron chi connectivity index (χ4n) is 3.33. The highest BCUT2D eigenvalue weighted by molar-refractivity contribution is 5.95. The monoisotopic (exact) mass is 339 g/mol. The van der Waals surface area contributed by atoms with Crippen molar-refractivity contribution in [3.8, 4) is 0 Å². The third-order valence-corrected chi connectivity index (χ3v) is 4.63. The van der Waals surface area contributed by atoms with Gasteiger partial charge in [-0.3, -0.25) is 9.48 Å². The van der Waals surface area contributed by atoms with Crippen LogP contribution in [0.2, 0.25) is 0 Å². The minimum Gasteiger partial charge on any atom is -0.367 e. The maximum Gasteiger partial charge on any atom is 0.254 e. The Morgan fingerprint density at radius 3 is 3.00 bits per heavy atom. The molecule has 0 aliphatic carbocycles. The molecule has 8 heteroatoms. The molecule has 3 aromatic rings. The lowest BCUT2D eigenvalue weighted by molar-refractivity contribution is 0.0931. The molecule has 0 aromatic carbocycles. The summed E-state index contributed by atoms with van der Waals surface area (Å²) in [6.07, 6.45) is 9.30. The number of carbonyl (C=O) groups is 1. The van der Waals surface area contributed by atoms with E-state index in [0.29, 0.717) is 11.3 Å². The number of anilines is 1. The van der Waals surface area contributed by atoms with Crippen molar-refractivity contribution in [2.45, 2.75) is 25.8 Å². The largest absolute Gasteiger partial charge is 0.367 e. The van der Waals surface area contributed by atoms with Gasteiger partial charge in [0.1, 0.15) is 0 Å². The Balaban J connectivity index is 1.48. The number of nitrogens with zero attached hydrogens (tertiary/aromatic N) is 6. The van der Waals surface area contributed by atoms with Gasteiger partial charge < -0.3 is 10.2 Å². The van der Waals surface area contributed by atoms with Gasteiger partial charge in [-0.25, -0.2) is 9.50 Å². The summed E-state index contributed by atoms with van der Waals surface area (Å²) in [5.41, 5.74) is 3.12. The van der Waals surface area contributed by atoms with Gasteiger partial charge in [0.25, 0.3) is 5.91 Å². The maximum atomic E-state index is 12.7. The molecule has 25 heavy (non-hydrogen) atoms. The molecule has 0 radical (unpaired) electrons. The van der Waals surface area contributed by atoms with Crippen LogP contribution in [0, 0.1) is 6.92 Å². The molecule has 130 valence electrons. The molecule has 1 amide bonds. The molecule has 3 aromatic heterocycles. The lowest BCUT2D eigenvalue weighted by atomic mass is 10.0. The van der Waals surface area contributed by atoms with Crippen molar-refractivity contribution in [2.24, 2.45) is 7.05 Å². The predicted molar refractivity (Wildman–Crippen MR) is 93.6 cm³/mol. The summed E-state index contributed by atoms with van der Waals surface area (Å²) >= 11 is 0. The minimum absolute atomic E-state index is 0.0968. The third kappa shape index (κ3) is 3.07. The van der Waals surface area contributed by atoms with Gasteiger partial charge in [-0.05, 0) is 19.8 Å². The van der Waals surface area contributed by atoms with Gasteiger partial charge in [0.15, 0.2) is 5.65 Å². The second-order valence-electron chi connectivity index (χ2n) is 6.50. The van der Waals surface area contributed by atoms with Gasteiger partial charge in [0.2, 0.25) is 0 Å². The van der Waals surface area contributed by atoms with Crippen LogP contribution < -0.4 is 10.2 Å². The zero-order valence-corrected chi connectivity index (χ0v) is 14.4. The number of aryl methyl sites for hydroxylation is 2. The van der Waals surface area contributed by atoms with Crippen LogP contribution in [-0.4, -0.2) is 49.4 Å². The number of fused-ring (bicyclic) bond motifs is 1. The lowest BCUT2D eigenvalue weighted by Crippen LogP contribution is -2.48. The molecule has 1 saturated heterocycles.